The average Bonchev–Trinajstić information content (AvgIpc) is 2.54. The Balaban J connectivity index is 2.17. The maximum Gasteiger partial charge on any atom is 0.166 e. The SMILES string of the molecule is CC(C)(C)C(=O)CC1Cc2cc(Br)ccc2C1=O. The van der Waals surface area contributed by atoms with Gasteiger partial charge in [-0.25, -0.2) is 0 Å². The van der Waals surface area contributed by atoms with Crippen molar-refractivity contribution in [3.8, 4) is 0 Å². The molecule has 0 saturated heterocycles. The normalized spacial score (nSPS) is 18.9. The summed E-state index contributed by atoms with van der Waals surface area (Å²) >= 11 is 3.41. The first-order chi connectivity index (χ1) is 8.29. The van der Waals surface area contributed by atoms with Crippen molar-refractivity contribution < 1.29 is 9.59 Å². The fourth-order valence-electron chi connectivity index (χ4n) is 2.24. The van der Waals surface area contributed by atoms with Gasteiger partial charge in [0.25, 0.3) is 0 Å². The molecule has 1 aromatic rings. The number of halogens is 1. The van der Waals surface area contributed by atoms with Gasteiger partial charge in [0.05, 0.1) is 0 Å². The van der Waals surface area contributed by atoms with Crippen molar-refractivity contribution in [3.05, 3.63) is 33.8 Å². The lowest BCUT2D eigenvalue weighted by Crippen LogP contribution is -2.25. The van der Waals surface area contributed by atoms with Crippen molar-refractivity contribution in [2.75, 3.05) is 0 Å². The Morgan fingerprint density at radius 3 is 2.67 bits per heavy atom. The maximum absolute atomic E-state index is 12.2. The van der Waals surface area contributed by atoms with Crippen LogP contribution in [0, 0.1) is 11.3 Å². The highest BCUT2D eigenvalue weighted by atomic mass is 79.9. The number of fused-ring (bicyclic) bond motifs is 1. The molecule has 0 radical (unpaired) electrons. The Kier molecular flexibility index (Phi) is 3.45. The third kappa shape index (κ3) is 2.56. The summed E-state index contributed by atoms with van der Waals surface area (Å²) in [7, 11) is 0. The first kappa shape index (κ1) is 13.5. The minimum atomic E-state index is -0.365. The van der Waals surface area contributed by atoms with Crippen molar-refractivity contribution >= 4 is 27.5 Å². The number of carbonyl (C=O) groups excluding carboxylic acids is 2. The van der Waals surface area contributed by atoms with Crippen LogP contribution in [-0.2, 0) is 11.2 Å². The zero-order chi connectivity index (χ0) is 13.5. The Morgan fingerprint density at radius 1 is 1.39 bits per heavy atom. The largest absolute Gasteiger partial charge is 0.299 e. The van der Waals surface area contributed by atoms with Gasteiger partial charge in [0.1, 0.15) is 5.78 Å². The van der Waals surface area contributed by atoms with Gasteiger partial charge in [0.2, 0.25) is 0 Å². The van der Waals surface area contributed by atoms with E-state index < -0.39 is 0 Å². The number of Topliss-reactive ketones (excluding diaryl/α,β-unsaturated/α-hetero) is 2. The van der Waals surface area contributed by atoms with Crippen molar-refractivity contribution in [2.24, 2.45) is 11.3 Å². The van der Waals surface area contributed by atoms with E-state index in [4.69, 9.17) is 0 Å². The van der Waals surface area contributed by atoms with Crippen molar-refractivity contribution in [3.63, 3.8) is 0 Å². The van der Waals surface area contributed by atoms with E-state index in [0.717, 1.165) is 15.6 Å². The third-order valence-electron chi connectivity index (χ3n) is 3.44. The van der Waals surface area contributed by atoms with Crippen LogP contribution in [0.1, 0.15) is 43.1 Å². The van der Waals surface area contributed by atoms with Gasteiger partial charge in [-0.1, -0.05) is 42.8 Å². The molecule has 2 nitrogen and oxygen atoms in total. The molecular formula is C15H17BrO2. The molecule has 3 heteroatoms. The summed E-state index contributed by atoms with van der Waals surface area (Å²) in [6, 6.07) is 5.71. The van der Waals surface area contributed by atoms with Crippen LogP contribution in [0.5, 0.6) is 0 Å². The van der Waals surface area contributed by atoms with E-state index in [1.54, 1.807) is 0 Å². The molecule has 0 spiro atoms. The molecule has 1 atom stereocenters. The van der Waals surface area contributed by atoms with E-state index >= 15 is 0 Å². The van der Waals surface area contributed by atoms with Crippen LogP contribution in [0.25, 0.3) is 0 Å². The van der Waals surface area contributed by atoms with Crippen LogP contribution in [0.15, 0.2) is 22.7 Å². The third-order valence-corrected chi connectivity index (χ3v) is 3.93. The molecule has 0 saturated carbocycles. The fourth-order valence-corrected chi connectivity index (χ4v) is 2.65. The Hall–Kier alpha value is -0.960. The topological polar surface area (TPSA) is 34.1 Å². The van der Waals surface area contributed by atoms with Gasteiger partial charge in [-0.15, -0.1) is 0 Å². The predicted octanol–water partition coefficient (Wildman–Crippen LogP) is 3.81. The van der Waals surface area contributed by atoms with E-state index in [1.807, 2.05) is 39.0 Å². The minimum absolute atomic E-state index is 0.120. The van der Waals surface area contributed by atoms with Gasteiger partial charge in [0.15, 0.2) is 5.78 Å². The zero-order valence-electron chi connectivity index (χ0n) is 10.9. The number of hydrogen-bond acceptors (Lipinski definition) is 2. The number of carbonyl (C=O) groups is 2. The second-order valence-corrected chi connectivity index (χ2v) is 6.86. The predicted molar refractivity (Wildman–Crippen MR) is 74.7 cm³/mol. The number of hydrogen-bond donors (Lipinski definition) is 0. The summed E-state index contributed by atoms with van der Waals surface area (Å²) in [6.45, 7) is 5.70. The summed E-state index contributed by atoms with van der Waals surface area (Å²) in [5.41, 5.74) is 1.47. The second-order valence-electron chi connectivity index (χ2n) is 5.94. The number of ketones is 2. The Bertz CT molecular complexity index is 512. The van der Waals surface area contributed by atoms with E-state index in [-0.39, 0.29) is 22.9 Å². The highest BCUT2D eigenvalue weighted by Gasteiger charge is 2.34. The number of rotatable bonds is 2. The molecule has 0 fully saturated rings. The lowest BCUT2D eigenvalue weighted by Gasteiger charge is -2.18. The number of benzene rings is 1. The van der Waals surface area contributed by atoms with Gasteiger partial charge in [-0.05, 0) is 24.1 Å². The molecule has 1 aliphatic rings. The Morgan fingerprint density at radius 2 is 2.06 bits per heavy atom. The molecule has 0 aromatic heterocycles. The highest BCUT2D eigenvalue weighted by Crippen LogP contribution is 2.32. The zero-order valence-corrected chi connectivity index (χ0v) is 12.5. The highest BCUT2D eigenvalue weighted by molar-refractivity contribution is 9.10. The molecular weight excluding hydrogens is 292 g/mol. The van der Waals surface area contributed by atoms with Gasteiger partial charge in [0, 0.05) is 27.8 Å². The van der Waals surface area contributed by atoms with E-state index in [9.17, 15) is 9.59 Å². The lowest BCUT2D eigenvalue weighted by atomic mass is 9.84. The fraction of sp³-hybridized carbons (Fsp3) is 0.467. The van der Waals surface area contributed by atoms with E-state index in [0.29, 0.717) is 12.8 Å². The molecule has 2 rings (SSSR count). The van der Waals surface area contributed by atoms with Crippen molar-refractivity contribution in [2.45, 2.75) is 33.6 Å². The monoisotopic (exact) mass is 308 g/mol. The lowest BCUT2D eigenvalue weighted by molar-refractivity contribution is -0.126. The molecule has 0 heterocycles. The maximum atomic E-state index is 12.2. The first-order valence-corrected chi connectivity index (χ1v) is 6.94. The molecule has 0 aliphatic heterocycles. The molecule has 0 N–H and O–H groups in total. The van der Waals surface area contributed by atoms with Crippen LogP contribution in [0.3, 0.4) is 0 Å². The molecule has 0 amide bonds. The van der Waals surface area contributed by atoms with Crippen LogP contribution in [0.4, 0.5) is 0 Å². The van der Waals surface area contributed by atoms with Crippen molar-refractivity contribution in [1.82, 2.24) is 0 Å². The van der Waals surface area contributed by atoms with Crippen LogP contribution < -0.4 is 0 Å². The summed E-state index contributed by atoms with van der Waals surface area (Å²) in [5, 5.41) is 0. The molecule has 1 aliphatic carbocycles. The van der Waals surface area contributed by atoms with Gasteiger partial charge in [-0.3, -0.25) is 9.59 Å². The average molecular weight is 309 g/mol. The van der Waals surface area contributed by atoms with Crippen LogP contribution >= 0.6 is 15.9 Å². The second kappa shape index (κ2) is 4.61. The smallest absolute Gasteiger partial charge is 0.166 e. The van der Waals surface area contributed by atoms with E-state index in [1.165, 1.54) is 0 Å². The van der Waals surface area contributed by atoms with Crippen molar-refractivity contribution in [1.29, 1.82) is 0 Å². The summed E-state index contributed by atoms with van der Waals surface area (Å²) in [6.07, 6.45) is 1.05. The molecule has 96 valence electrons. The van der Waals surface area contributed by atoms with Gasteiger partial charge in [-0.2, -0.15) is 0 Å². The molecule has 18 heavy (non-hydrogen) atoms. The van der Waals surface area contributed by atoms with Crippen LogP contribution in [0.2, 0.25) is 0 Å². The standard InChI is InChI=1S/C15H17BrO2/c1-15(2,3)13(17)8-10-6-9-7-11(16)4-5-12(9)14(10)18/h4-5,7,10H,6,8H2,1-3H3. The molecule has 1 unspecified atom stereocenters. The molecule has 1 aromatic carbocycles. The minimum Gasteiger partial charge on any atom is -0.299 e. The van der Waals surface area contributed by atoms with Gasteiger partial charge < -0.3 is 0 Å². The summed E-state index contributed by atoms with van der Waals surface area (Å²) < 4.78 is 0.983. The summed E-state index contributed by atoms with van der Waals surface area (Å²) in [5.74, 6) is 0.115. The van der Waals surface area contributed by atoms with Crippen LogP contribution in [-0.4, -0.2) is 11.6 Å². The van der Waals surface area contributed by atoms with Gasteiger partial charge >= 0.3 is 0 Å². The molecule has 0 bridgehead atoms. The Labute approximate surface area is 116 Å². The summed E-state index contributed by atoms with van der Waals surface area (Å²) in [4.78, 5) is 24.2. The first-order valence-electron chi connectivity index (χ1n) is 6.15. The van der Waals surface area contributed by atoms with E-state index in [2.05, 4.69) is 15.9 Å². The quantitative estimate of drug-likeness (QED) is 0.832.